The Morgan fingerprint density at radius 3 is 2.62 bits per heavy atom. The van der Waals surface area contributed by atoms with Crippen LogP contribution in [0.5, 0.6) is 0 Å². The summed E-state index contributed by atoms with van der Waals surface area (Å²) in [6.45, 7) is 3.51. The molecular weight excluding hydrogens is 406 g/mol. The molecule has 4 rings (SSSR count). The second-order valence-electron chi connectivity index (χ2n) is 6.76. The first kappa shape index (κ1) is 19.4. The number of benzene rings is 2. The SMILES string of the molecule is Cc1ccc(NC(=O)Cn2c(C)nc3sc(-c4ccccc4)cc3c2=O)cc1Cl. The first-order valence-electron chi connectivity index (χ1n) is 9.05. The summed E-state index contributed by atoms with van der Waals surface area (Å²) in [5, 5.41) is 3.88. The van der Waals surface area contributed by atoms with Crippen LogP contribution in [0.15, 0.2) is 59.4 Å². The number of fused-ring (bicyclic) bond motifs is 1. The lowest BCUT2D eigenvalue weighted by Crippen LogP contribution is -2.29. The summed E-state index contributed by atoms with van der Waals surface area (Å²) in [5.74, 6) is 0.191. The van der Waals surface area contributed by atoms with Gasteiger partial charge >= 0.3 is 0 Å². The second kappa shape index (κ2) is 7.81. The topological polar surface area (TPSA) is 64.0 Å². The summed E-state index contributed by atoms with van der Waals surface area (Å²) < 4.78 is 1.40. The summed E-state index contributed by atoms with van der Waals surface area (Å²) in [7, 11) is 0. The fourth-order valence-corrected chi connectivity index (χ4v) is 4.32. The maximum atomic E-state index is 13.0. The van der Waals surface area contributed by atoms with Crippen molar-refractivity contribution < 1.29 is 4.79 Å². The number of aromatic nitrogens is 2. The smallest absolute Gasteiger partial charge is 0.262 e. The summed E-state index contributed by atoms with van der Waals surface area (Å²) in [6, 6.07) is 17.0. The Morgan fingerprint density at radius 1 is 1.14 bits per heavy atom. The first-order chi connectivity index (χ1) is 13.9. The molecule has 0 radical (unpaired) electrons. The number of hydrogen-bond donors (Lipinski definition) is 1. The van der Waals surface area contributed by atoms with Gasteiger partial charge in [-0.2, -0.15) is 0 Å². The molecule has 29 heavy (non-hydrogen) atoms. The molecule has 0 unspecified atom stereocenters. The van der Waals surface area contributed by atoms with E-state index in [4.69, 9.17) is 11.6 Å². The Labute approximate surface area is 176 Å². The number of thiophene rings is 1. The number of anilines is 1. The minimum atomic E-state index is -0.310. The lowest BCUT2D eigenvalue weighted by atomic mass is 10.2. The lowest BCUT2D eigenvalue weighted by molar-refractivity contribution is -0.116. The Hall–Kier alpha value is -2.96. The van der Waals surface area contributed by atoms with Gasteiger partial charge in [0.05, 0.1) is 5.39 Å². The van der Waals surface area contributed by atoms with Crippen LogP contribution < -0.4 is 10.9 Å². The minimum Gasteiger partial charge on any atom is -0.324 e. The summed E-state index contributed by atoms with van der Waals surface area (Å²) in [4.78, 5) is 31.7. The average Bonchev–Trinajstić information content (AvgIpc) is 3.13. The third-order valence-corrected chi connectivity index (χ3v) is 6.14. The van der Waals surface area contributed by atoms with Crippen LogP contribution >= 0.6 is 22.9 Å². The van der Waals surface area contributed by atoms with E-state index in [1.54, 1.807) is 19.1 Å². The molecule has 0 bridgehead atoms. The molecular formula is C22H18ClN3O2S. The maximum absolute atomic E-state index is 13.0. The van der Waals surface area contributed by atoms with Gasteiger partial charge < -0.3 is 5.32 Å². The second-order valence-corrected chi connectivity index (χ2v) is 8.20. The number of nitrogens with one attached hydrogen (secondary N) is 1. The predicted molar refractivity (Wildman–Crippen MR) is 119 cm³/mol. The van der Waals surface area contributed by atoms with Gasteiger partial charge in [-0.1, -0.05) is 48.0 Å². The normalized spacial score (nSPS) is 11.0. The van der Waals surface area contributed by atoms with Gasteiger partial charge in [0.1, 0.15) is 17.2 Å². The fraction of sp³-hybridized carbons (Fsp3) is 0.136. The van der Waals surface area contributed by atoms with Crippen LogP contribution in [0.4, 0.5) is 5.69 Å². The molecule has 2 aromatic heterocycles. The highest BCUT2D eigenvalue weighted by atomic mass is 35.5. The van der Waals surface area contributed by atoms with E-state index in [1.165, 1.54) is 15.9 Å². The van der Waals surface area contributed by atoms with E-state index in [0.717, 1.165) is 16.0 Å². The number of carbonyl (C=O) groups excluding carboxylic acids is 1. The van der Waals surface area contributed by atoms with Crippen LogP contribution in [-0.2, 0) is 11.3 Å². The van der Waals surface area contributed by atoms with Gasteiger partial charge in [-0.15, -0.1) is 11.3 Å². The Bertz CT molecular complexity index is 1280. The zero-order valence-corrected chi connectivity index (χ0v) is 17.5. The molecule has 1 amide bonds. The molecule has 1 N–H and O–H groups in total. The van der Waals surface area contributed by atoms with Crippen LogP contribution in [0.2, 0.25) is 5.02 Å². The monoisotopic (exact) mass is 423 g/mol. The Balaban J connectivity index is 1.64. The van der Waals surface area contributed by atoms with Crippen molar-refractivity contribution in [3.8, 4) is 10.4 Å². The third kappa shape index (κ3) is 3.95. The predicted octanol–water partition coefficient (Wildman–Crippen LogP) is 5.03. The molecule has 5 nitrogen and oxygen atoms in total. The molecule has 0 atom stereocenters. The van der Waals surface area contributed by atoms with Gasteiger partial charge in [-0.25, -0.2) is 4.98 Å². The molecule has 0 saturated carbocycles. The van der Waals surface area contributed by atoms with Crippen molar-refractivity contribution in [2.75, 3.05) is 5.32 Å². The molecule has 0 aliphatic carbocycles. The highest BCUT2D eigenvalue weighted by Crippen LogP contribution is 2.31. The van der Waals surface area contributed by atoms with E-state index < -0.39 is 0 Å². The van der Waals surface area contributed by atoms with Gasteiger partial charge in [0.15, 0.2) is 0 Å². The first-order valence-corrected chi connectivity index (χ1v) is 10.2. The van der Waals surface area contributed by atoms with E-state index in [-0.39, 0.29) is 18.0 Å². The van der Waals surface area contributed by atoms with Gasteiger partial charge in [-0.05, 0) is 43.2 Å². The van der Waals surface area contributed by atoms with Crippen molar-refractivity contribution in [3.05, 3.63) is 81.4 Å². The largest absolute Gasteiger partial charge is 0.324 e. The van der Waals surface area contributed by atoms with Gasteiger partial charge in [-0.3, -0.25) is 14.2 Å². The Morgan fingerprint density at radius 2 is 1.90 bits per heavy atom. The number of hydrogen-bond acceptors (Lipinski definition) is 4. The van der Waals surface area contributed by atoms with E-state index >= 15 is 0 Å². The van der Waals surface area contributed by atoms with Crippen LogP contribution in [0.3, 0.4) is 0 Å². The molecule has 0 fully saturated rings. The maximum Gasteiger partial charge on any atom is 0.262 e. The minimum absolute atomic E-state index is 0.115. The number of rotatable bonds is 4. The summed E-state index contributed by atoms with van der Waals surface area (Å²) in [6.07, 6.45) is 0. The Kier molecular flexibility index (Phi) is 5.22. The molecule has 2 aromatic carbocycles. The number of carbonyl (C=O) groups is 1. The number of aryl methyl sites for hydroxylation is 2. The van der Waals surface area contributed by atoms with E-state index in [0.29, 0.717) is 26.8 Å². The van der Waals surface area contributed by atoms with Crippen LogP contribution in [0.25, 0.3) is 20.7 Å². The third-order valence-electron chi connectivity index (χ3n) is 4.66. The van der Waals surface area contributed by atoms with Gasteiger partial charge in [0.25, 0.3) is 5.56 Å². The molecule has 2 heterocycles. The highest BCUT2D eigenvalue weighted by molar-refractivity contribution is 7.21. The van der Waals surface area contributed by atoms with Crippen LogP contribution in [0, 0.1) is 13.8 Å². The van der Waals surface area contributed by atoms with Crippen molar-refractivity contribution in [1.82, 2.24) is 9.55 Å². The summed E-state index contributed by atoms with van der Waals surface area (Å²) >= 11 is 7.58. The fourth-order valence-electron chi connectivity index (χ4n) is 3.06. The average molecular weight is 424 g/mol. The highest BCUT2D eigenvalue weighted by Gasteiger charge is 2.15. The molecule has 4 aromatic rings. The van der Waals surface area contributed by atoms with Crippen LogP contribution in [-0.4, -0.2) is 15.5 Å². The van der Waals surface area contributed by atoms with Crippen LogP contribution in [0.1, 0.15) is 11.4 Å². The lowest BCUT2D eigenvalue weighted by Gasteiger charge is -2.10. The van der Waals surface area contributed by atoms with Gasteiger partial charge in [0, 0.05) is 15.6 Å². The van der Waals surface area contributed by atoms with Crippen molar-refractivity contribution in [3.63, 3.8) is 0 Å². The molecule has 146 valence electrons. The molecule has 0 saturated heterocycles. The number of nitrogens with zero attached hydrogens (tertiary/aromatic N) is 2. The quantitative estimate of drug-likeness (QED) is 0.500. The molecule has 7 heteroatoms. The van der Waals surface area contributed by atoms with E-state index in [2.05, 4.69) is 10.3 Å². The number of halogens is 1. The van der Waals surface area contributed by atoms with Gasteiger partial charge in [0.2, 0.25) is 5.91 Å². The number of amides is 1. The zero-order valence-electron chi connectivity index (χ0n) is 15.9. The van der Waals surface area contributed by atoms with Crippen molar-refractivity contribution in [2.45, 2.75) is 20.4 Å². The summed E-state index contributed by atoms with van der Waals surface area (Å²) in [5.41, 5.74) is 2.33. The standard InChI is InChI=1S/C22H18ClN3O2S/c1-13-8-9-16(10-18(13)23)25-20(27)12-26-14(2)24-21-17(22(26)28)11-19(29-21)15-6-4-3-5-7-15/h3-11H,12H2,1-2H3,(H,25,27). The van der Waals surface area contributed by atoms with Crippen molar-refractivity contribution in [1.29, 1.82) is 0 Å². The molecule has 0 aliphatic rings. The van der Waals surface area contributed by atoms with E-state index in [1.807, 2.05) is 49.4 Å². The molecule has 0 spiro atoms. The zero-order chi connectivity index (χ0) is 20.5. The van der Waals surface area contributed by atoms with Crippen molar-refractivity contribution in [2.24, 2.45) is 0 Å². The van der Waals surface area contributed by atoms with E-state index in [9.17, 15) is 9.59 Å². The molecule has 0 aliphatic heterocycles. The van der Waals surface area contributed by atoms with Crippen molar-refractivity contribution >= 4 is 44.7 Å².